The second-order valence-electron chi connectivity index (χ2n) is 3.29. The summed E-state index contributed by atoms with van der Waals surface area (Å²) < 4.78 is 2.92. The molecule has 2 nitrogen and oxygen atoms in total. The fraction of sp³-hybridized carbons (Fsp3) is 0.300. The van der Waals surface area contributed by atoms with Crippen LogP contribution in [-0.2, 0) is 6.54 Å². The zero-order chi connectivity index (χ0) is 11.0. The summed E-state index contributed by atoms with van der Waals surface area (Å²) in [5, 5.41) is 2.03. The lowest BCUT2D eigenvalue weighted by atomic mass is 10.4. The molecule has 0 bridgehead atoms. The van der Waals surface area contributed by atoms with Gasteiger partial charge in [-0.3, -0.25) is 9.36 Å². The van der Waals surface area contributed by atoms with Crippen molar-refractivity contribution in [2.75, 3.05) is 0 Å². The van der Waals surface area contributed by atoms with E-state index in [1.54, 1.807) is 11.3 Å². The highest BCUT2D eigenvalue weighted by atomic mass is 79.9. The molecule has 0 aromatic carbocycles. The van der Waals surface area contributed by atoms with Crippen molar-refractivity contribution < 1.29 is 0 Å². The number of hydrogen-bond donors (Lipinski definition) is 0. The Hall–Kier alpha value is -0.390. The van der Waals surface area contributed by atoms with Crippen LogP contribution in [-0.4, -0.2) is 4.57 Å². The number of hydrogen-bond acceptors (Lipinski definition) is 3. The Morgan fingerprint density at radius 1 is 1.47 bits per heavy atom. The van der Waals surface area contributed by atoms with Gasteiger partial charge in [-0.25, -0.2) is 0 Å². The lowest BCUT2D eigenvalue weighted by Gasteiger charge is -2.03. The summed E-state index contributed by atoms with van der Waals surface area (Å²) in [5.74, 6) is 0. The van der Waals surface area contributed by atoms with Crippen molar-refractivity contribution in [2.24, 2.45) is 0 Å². The summed E-state index contributed by atoms with van der Waals surface area (Å²) >= 11 is 6.47. The highest BCUT2D eigenvalue weighted by Gasteiger charge is 2.10. The quantitative estimate of drug-likeness (QED) is 0.833. The minimum absolute atomic E-state index is 0.130. The molecule has 0 saturated heterocycles. The lowest BCUT2D eigenvalue weighted by molar-refractivity contribution is 0.759. The van der Waals surface area contributed by atoms with Crippen LogP contribution in [0.4, 0.5) is 0 Å². The number of rotatable bonds is 2. The minimum atomic E-state index is 0.130. The Balaban J connectivity index is 2.40. The van der Waals surface area contributed by atoms with Gasteiger partial charge in [0, 0.05) is 19.9 Å². The molecule has 0 saturated carbocycles. The Morgan fingerprint density at radius 3 is 2.67 bits per heavy atom. The van der Waals surface area contributed by atoms with Crippen LogP contribution in [0.2, 0.25) is 0 Å². The van der Waals surface area contributed by atoms with Gasteiger partial charge in [0.05, 0.1) is 6.54 Å². The molecule has 2 heterocycles. The number of aryl methyl sites for hydroxylation is 1. The molecule has 0 atom stereocenters. The van der Waals surface area contributed by atoms with Crippen LogP contribution in [0.15, 0.2) is 20.7 Å². The topological polar surface area (TPSA) is 22.0 Å². The smallest absolute Gasteiger partial charge is 0.298 e. The van der Waals surface area contributed by atoms with E-state index in [1.165, 1.54) is 16.2 Å². The van der Waals surface area contributed by atoms with Crippen molar-refractivity contribution in [1.82, 2.24) is 4.57 Å². The Labute approximate surface area is 104 Å². The van der Waals surface area contributed by atoms with Gasteiger partial charge in [0.15, 0.2) is 0 Å². The van der Waals surface area contributed by atoms with Gasteiger partial charge in [-0.2, -0.15) is 0 Å². The first-order valence-corrected chi connectivity index (χ1v) is 6.97. The molecular formula is C10H10BrNOS2. The van der Waals surface area contributed by atoms with Crippen molar-refractivity contribution >= 4 is 38.6 Å². The average Bonchev–Trinajstić information content (AvgIpc) is 2.67. The Morgan fingerprint density at radius 2 is 2.20 bits per heavy atom. The maximum atomic E-state index is 11.7. The van der Waals surface area contributed by atoms with Crippen LogP contribution >= 0.6 is 38.6 Å². The molecule has 0 radical (unpaired) electrons. The molecule has 2 aromatic rings. The van der Waals surface area contributed by atoms with E-state index in [4.69, 9.17) is 0 Å². The first kappa shape index (κ1) is 11.1. The normalized spacial score (nSPS) is 10.9. The molecule has 0 aliphatic carbocycles. The van der Waals surface area contributed by atoms with Crippen molar-refractivity contribution in [3.63, 3.8) is 0 Å². The molecule has 0 spiro atoms. The van der Waals surface area contributed by atoms with Gasteiger partial charge in [-0.05, 0) is 41.2 Å². The molecule has 0 unspecified atom stereocenters. The van der Waals surface area contributed by atoms with Crippen LogP contribution in [0.25, 0.3) is 0 Å². The molecule has 2 aromatic heterocycles. The van der Waals surface area contributed by atoms with Gasteiger partial charge in [-0.1, -0.05) is 11.3 Å². The van der Waals surface area contributed by atoms with Gasteiger partial charge in [-0.15, -0.1) is 11.3 Å². The van der Waals surface area contributed by atoms with Gasteiger partial charge < -0.3 is 0 Å². The van der Waals surface area contributed by atoms with E-state index in [1.807, 2.05) is 29.9 Å². The second-order valence-corrected chi connectivity index (χ2v) is 6.31. The third-order valence-corrected chi connectivity index (χ3v) is 5.28. The van der Waals surface area contributed by atoms with Gasteiger partial charge in [0.2, 0.25) is 0 Å². The van der Waals surface area contributed by atoms with E-state index in [2.05, 4.69) is 15.9 Å². The molecule has 0 aliphatic rings. The fourth-order valence-electron chi connectivity index (χ4n) is 1.35. The van der Waals surface area contributed by atoms with Crippen molar-refractivity contribution in [2.45, 2.75) is 20.4 Å². The van der Waals surface area contributed by atoms with Crippen LogP contribution < -0.4 is 4.87 Å². The summed E-state index contributed by atoms with van der Waals surface area (Å²) in [4.78, 5) is 14.1. The third-order valence-electron chi connectivity index (χ3n) is 2.37. The summed E-state index contributed by atoms with van der Waals surface area (Å²) in [6.45, 7) is 4.66. The van der Waals surface area contributed by atoms with Crippen molar-refractivity contribution in [3.05, 3.63) is 41.0 Å². The van der Waals surface area contributed by atoms with E-state index in [-0.39, 0.29) is 4.87 Å². The van der Waals surface area contributed by atoms with E-state index < -0.39 is 0 Å². The minimum Gasteiger partial charge on any atom is -0.298 e. The second kappa shape index (κ2) is 4.23. The van der Waals surface area contributed by atoms with Gasteiger partial charge in [0.25, 0.3) is 0 Å². The SMILES string of the molecule is Cc1sc(=O)n(Cc2sccc2Br)c1C. The van der Waals surface area contributed by atoms with E-state index in [0.29, 0.717) is 6.54 Å². The molecule has 0 aliphatic heterocycles. The monoisotopic (exact) mass is 303 g/mol. The first-order chi connectivity index (χ1) is 7.09. The van der Waals surface area contributed by atoms with Gasteiger partial charge in [0.1, 0.15) is 0 Å². The summed E-state index contributed by atoms with van der Waals surface area (Å²) in [5.41, 5.74) is 1.07. The number of halogens is 1. The summed E-state index contributed by atoms with van der Waals surface area (Å²) in [7, 11) is 0. The zero-order valence-electron chi connectivity index (χ0n) is 8.41. The molecular weight excluding hydrogens is 294 g/mol. The van der Waals surface area contributed by atoms with Crippen molar-refractivity contribution in [1.29, 1.82) is 0 Å². The number of thiophene rings is 1. The highest BCUT2D eigenvalue weighted by Crippen LogP contribution is 2.24. The lowest BCUT2D eigenvalue weighted by Crippen LogP contribution is -2.14. The predicted molar refractivity (Wildman–Crippen MR) is 69.2 cm³/mol. The molecule has 2 rings (SSSR count). The van der Waals surface area contributed by atoms with Crippen molar-refractivity contribution in [3.8, 4) is 0 Å². The van der Waals surface area contributed by atoms with E-state index in [0.717, 1.165) is 15.0 Å². The average molecular weight is 304 g/mol. The molecule has 5 heteroatoms. The Kier molecular flexibility index (Phi) is 3.13. The van der Waals surface area contributed by atoms with Crippen LogP contribution in [0.1, 0.15) is 15.4 Å². The molecule has 15 heavy (non-hydrogen) atoms. The standard InChI is InChI=1S/C10H10BrNOS2/c1-6-7(2)15-10(13)12(6)5-9-8(11)3-4-14-9/h3-4H,5H2,1-2H3. The zero-order valence-corrected chi connectivity index (χ0v) is 11.6. The van der Waals surface area contributed by atoms with E-state index >= 15 is 0 Å². The molecule has 80 valence electrons. The third kappa shape index (κ3) is 2.09. The number of thiazole rings is 1. The maximum Gasteiger partial charge on any atom is 0.307 e. The van der Waals surface area contributed by atoms with Gasteiger partial charge >= 0.3 is 4.87 Å². The predicted octanol–water partition coefficient (Wildman–Crippen LogP) is 3.40. The fourth-order valence-corrected chi connectivity index (χ4v) is 3.65. The van der Waals surface area contributed by atoms with Crippen LogP contribution in [0.5, 0.6) is 0 Å². The van der Waals surface area contributed by atoms with E-state index in [9.17, 15) is 4.79 Å². The largest absolute Gasteiger partial charge is 0.307 e. The van der Waals surface area contributed by atoms with Crippen LogP contribution in [0, 0.1) is 13.8 Å². The number of nitrogens with zero attached hydrogens (tertiary/aromatic N) is 1. The summed E-state index contributed by atoms with van der Waals surface area (Å²) in [6, 6.07) is 2.01. The summed E-state index contributed by atoms with van der Waals surface area (Å²) in [6.07, 6.45) is 0. The number of aromatic nitrogens is 1. The van der Waals surface area contributed by atoms with Crippen LogP contribution in [0.3, 0.4) is 0 Å². The molecule has 0 amide bonds. The Bertz CT molecular complexity index is 538. The highest BCUT2D eigenvalue weighted by molar-refractivity contribution is 9.10. The molecule has 0 fully saturated rings. The molecule has 0 N–H and O–H groups in total. The maximum absolute atomic E-state index is 11.7. The first-order valence-electron chi connectivity index (χ1n) is 4.48.